The molecule has 0 amide bonds. The van der Waals surface area contributed by atoms with Crippen molar-refractivity contribution >= 4 is 6.21 Å². The molecule has 1 saturated carbocycles. The van der Waals surface area contributed by atoms with Gasteiger partial charge in [-0.25, -0.2) is 8.78 Å². The highest BCUT2D eigenvalue weighted by Gasteiger charge is 2.19. The van der Waals surface area contributed by atoms with Crippen molar-refractivity contribution in [3.05, 3.63) is 35.4 Å². The van der Waals surface area contributed by atoms with Gasteiger partial charge in [0, 0.05) is 17.5 Å². The fraction of sp³-hybridized carbons (Fsp3) is 0.364. The van der Waals surface area contributed by atoms with E-state index in [-0.39, 0.29) is 12.2 Å². The Kier molecular flexibility index (Phi) is 2.94. The number of hydrogen-bond donors (Lipinski definition) is 0. The first-order valence-electron chi connectivity index (χ1n) is 4.77. The Morgan fingerprint density at radius 1 is 1.40 bits per heavy atom. The highest BCUT2D eigenvalue weighted by molar-refractivity contribution is 5.62. The van der Waals surface area contributed by atoms with Crippen LogP contribution in [0.2, 0.25) is 0 Å². The van der Waals surface area contributed by atoms with Crippen LogP contribution in [0, 0.1) is 17.6 Å². The Hall–Kier alpha value is -1.45. The van der Waals surface area contributed by atoms with E-state index in [0.29, 0.717) is 5.92 Å². The van der Waals surface area contributed by atoms with Crippen molar-refractivity contribution in [1.82, 2.24) is 0 Å². The van der Waals surface area contributed by atoms with E-state index in [1.807, 2.05) is 0 Å². The van der Waals surface area contributed by atoms with Gasteiger partial charge in [0.15, 0.2) is 0 Å². The number of nitrogens with zero attached hydrogens (tertiary/aromatic N) is 1. The van der Waals surface area contributed by atoms with Crippen LogP contribution in [-0.2, 0) is 11.4 Å². The first kappa shape index (κ1) is 10.1. The molecule has 4 heteroatoms. The van der Waals surface area contributed by atoms with E-state index >= 15 is 0 Å². The third-order valence-electron chi connectivity index (χ3n) is 2.11. The molecule has 15 heavy (non-hydrogen) atoms. The van der Waals surface area contributed by atoms with Gasteiger partial charge in [-0.3, -0.25) is 0 Å². The monoisotopic (exact) mass is 210 g/mol. The Bertz CT molecular complexity index is 375. The van der Waals surface area contributed by atoms with E-state index in [1.54, 1.807) is 0 Å². The molecule has 1 fully saturated rings. The summed E-state index contributed by atoms with van der Waals surface area (Å²) < 4.78 is 25.6. The van der Waals surface area contributed by atoms with Gasteiger partial charge in [0.2, 0.25) is 0 Å². The molecule has 0 atom stereocenters. The summed E-state index contributed by atoms with van der Waals surface area (Å²) in [5.74, 6) is -0.802. The van der Waals surface area contributed by atoms with Crippen LogP contribution in [0.15, 0.2) is 23.4 Å². The lowest BCUT2D eigenvalue weighted by molar-refractivity contribution is 0.128. The average molecular weight is 210 g/mol. The largest absolute Gasteiger partial charge is 0.391 e. The van der Waals surface area contributed by atoms with Gasteiger partial charge >= 0.3 is 0 Å². The molecule has 1 aliphatic rings. The third-order valence-corrected chi connectivity index (χ3v) is 2.11. The molecule has 1 aliphatic carbocycles. The van der Waals surface area contributed by atoms with E-state index in [2.05, 4.69) is 11.4 Å². The maximum absolute atomic E-state index is 13.1. The zero-order chi connectivity index (χ0) is 10.7. The van der Waals surface area contributed by atoms with Crippen LogP contribution < -0.4 is 0 Å². The minimum atomic E-state index is -0.614. The lowest BCUT2D eigenvalue weighted by Crippen LogP contribution is -1.93. The lowest BCUT2D eigenvalue weighted by Gasteiger charge is -2.00. The number of halogens is 2. The van der Waals surface area contributed by atoms with Gasteiger partial charge in [-0.1, -0.05) is 5.16 Å². The SMILES string of the molecule is Fc1ccc(CO/N=[C]\C2CC2)c(F)c1. The van der Waals surface area contributed by atoms with E-state index in [9.17, 15) is 8.78 Å². The van der Waals surface area contributed by atoms with Gasteiger partial charge in [0.25, 0.3) is 0 Å². The normalized spacial score (nSPS) is 15.9. The van der Waals surface area contributed by atoms with Crippen LogP contribution in [-0.4, -0.2) is 6.21 Å². The predicted octanol–water partition coefficient (Wildman–Crippen LogP) is 2.75. The van der Waals surface area contributed by atoms with Crippen molar-refractivity contribution in [2.45, 2.75) is 19.4 Å². The van der Waals surface area contributed by atoms with Gasteiger partial charge in [0.1, 0.15) is 24.5 Å². The fourth-order valence-corrected chi connectivity index (χ4v) is 1.06. The smallest absolute Gasteiger partial charge is 0.145 e. The predicted molar refractivity (Wildman–Crippen MR) is 51.3 cm³/mol. The first-order valence-corrected chi connectivity index (χ1v) is 4.77. The Morgan fingerprint density at radius 3 is 2.87 bits per heavy atom. The molecule has 79 valence electrons. The summed E-state index contributed by atoms with van der Waals surface area (Å²) in [6, 6.07) is 3.36. The van der Waals surface area contributed by atoms with Crippen molar-refractivity contribution in [2.24, 2.45) is 11.1 Å². The molecule has 0 saturated heterocycles. The minimum absolute atomic E-state index is 0.00579. The van der Waals surface area contributed by atoms with Crippen molar-refractivity contribution in [1.29, 1.82) is 0 Å². The van der Waals surface area contributed by atoms with Crippen molar-refractivity contribution < 1.29 is 13.6 Å². The summed E-state index contributed by atoms with van der Waals surface area (Å²) in [4.78, 5) is 4.84. The summed E-state index contributed by atoms with van der Waals surface area (Å²) in [5.41, 5.74) is 0.290. The van der Waals surface area contributed by atoms with Gasteiger partial charge in [-0.15, -0.1) is 0 Å². The first-order chi connectivity index (χ1) is 7.25. The zero-order valence-electron chi connectivity index (χ0n) is 8.04. The molecule has 1 radical (unpaired) electrons. The topological polar surface area (TPSA) is 21.6 Å². The van der Waals surface area contributed by atoms with Crippen LogP contribution in [0.3, 0.4) is 0 Å². The molecule has 2 nitrogen and oxygen atoms in total. The van der Waals surface area contributed by atoms with E-state index < -0.39 is 11.6 Å². The third kappa shape index (κ3) is 3.01. The molecule has 0 unspecified atom stereocenters. The molecule has 0 aromatic heterocycles. The van der Waals surface area contributed by atoms with Gasteiger partial charge in [-0.2, -0.15) is 0 Å². The van der Waals surface area contributed by atoms with Gasteiger partial charge < -0.3 is 4.84 Å². The standard InChI is InChI=1S/C11H10F2NO/c12-10-4-3-9(11(13)5-10)7-15-14-6-8-1-2-8/h3-5,8H,1-2,7H2. The molecule has 0 bridgehead atoms. The summed E-state index contributed by atoms with van der Waals surface area (Å²) in [7, 11) is 0. The van der Waals surface area contributed by atoms with Gasteiger partial charge in [-0.05, 0) is 25.0 Å². The molecule has 0 spiro atoms. The van der Waals surface area contributed by atoms with E-state index in [4.69, 9.17) is 4.84 Å². The minimum Gasteiger partial charge on any atom is -0.391 e. The van der Waals surface area contributed by atoms with Gasteiger partial charge in [0.05, 0.1) is 0 Å². The Morgan fingerprint density at radius 2 is 2.20 bits per heavy atom. The summed E-state index contributed by atoms with van der Waals surface area (Å²) >= 11 is 0. The molecular formula is C11H10F2NO. The quantitative estimate of drug-likeness (QED) is 0.553. The fourth-order valence-electron chi connectivity index (χ4n) is 1.06. The maximum Gasteiger partial charge on any atom is 0.145 e. The number of benzene rings is 1. The van der Waals surface area contributed by atoms with Crippen LogP contribution in [0.25, 0.3) is 0 Å². The highest BCUT2D eigenvalue weighted by atomic mass is 19.1. The van der Waals surface area contributed by atoms with Crippen molar-refractivity contribution in [3.63, 3.8) is 0 Å². The number of hydrogen-bond acceptors (Lipinski definition) is 2. The van der Waals surface area contributed by atoms with E-state index in [0.717, 1.165) is 18.9 Å². The Labute approximate surface area is 86.5 Å². The molecular weight excluding hydrogens is 200 g/mol. The molecule has 0 aliphatic heterocycles. The Balaban J connectivity index is 1.86. The second kappa shape index (κ2) is 4.38. The number of rotatable bonds is 4. The summed E-state index contributed by atoms with van der Waals surface area (Å²) in [5, 5.41) is 3.58. The van der Waals surface area contributed by atoms with Crippen molar-refractivity contribution in [2.75, 3.05) is 0 Å². The van der Waals surface area contributed by atoms with Crippen LogP contribution in [0.5, 0.6) is 0 Å². The maximum atomic E-state index is 13.1. The summed E-state index contributed by atoms with van der Waals surface area (Å²) in [6.45, 7) is 0.00579. The van der Waals surface area contributed by atoms with Crippen LogP contribution in [0.4, 0.5) is 8.78 Å². The molecule has 0 N–H and O–H groups in total. The summed E-state index contributed by atoms with van der Waals surface area (Å²) in [6.07, 6.45) is 4.95. The molecule has 2 rings (SSSR count). The molecule has 1 aromatic carbocycles. The van der Waals surface area contributed by atoms with Crippen LogP contribution in [0.1, 0.15) is 18.4 Å². The second-order valence-electron chi connectivity index (χ2n) is 3.50. The zero-order valence-corrected chi connectivity index (χ0v) is 8.04. The van der Waals surface area contributed by atoms with Crippen LogP contribution >= 0.6 is 0 Å². The van der Waals surface area contributed by atoms with Crippen molar-refractivity contribution in [3.8, 4) is 0 Å². The molecule has 1 aromatic rings. The highest BCUT2D eigenvalue weighted by Crippen LogP contribution is 2.26. The lowest BCUT2D eigenvalue weighted by atomic mass is 10.2. The second-order valence-corrected chi connectivity index (χ2v) is 3.50. The van der Waals surface area contributed by atoms with E-state index in [1.165, 1.54) is 12.1 Å². The molecule has 0 heterocycles. The average Bonchev–Trinajstić information content (AvgIpc) is 2.99.